The Kier molecular flexibility index (Phi) is 8.33. The van der Waals surface area contributed by atoms with Gasteiger partial charge in [-0.2, -0.15) is 0 Å². The number of anilines is 1. The summed E-state index contributed by atoms with van der Waals surface area (Å²) in [5.41, 5.74) is 8.86. The highest BCUT2D eigenvalue weighted by molar-refractivity contribution is 14.0. The van der Waals surface area contributed by atoms with Crippen molar-refractivity contribution in [3.05, 3.63) is 47.5 Å². The summed E-state index contributed by atoms with van der Waals surface area (Å²) in [5, 5.41) is 3.04. The molecule has 0 fully saturated rings. The van der Waals surface area contributed by atoms with Crippen molar-refractivity contribution in [2.75, 3.05) is 26.6 Å². The van der Waals surface area contributed by atoms with Gasteiger partial charge in [-0.25, -0.2) is 4.99 Å². The van der Waals surface area contributed by atoms with Crippen LogP contribution in [0.4, 0.5) is 5.69 Å². The molecule has 25 heavy (non-hydrogen) atoms. The molecule has 0 saturated heterocycles. The first-order valence-corrected chi connectivity index (χ1v) is 7.50. The summed E-state index contributed by atoms with van der Waals surface area (Å²) >= 11 is 0. The maximum absolute atomic E-state index is 5.95. The van der Waals surface area contributed by atoms with Crippen molar-refractivity contribution in [2.24, 2.45) is 10.7 Å². The molecular formula is C18H24IN3O3. The molecule has 0 aliphatic rings. The minimum atomic E-state index is 0. The normalized spacial score (nSPS) is 10.6. The van der Waals surface area contributed by atoms with Crippen LogP contribution >= 0.6 is 24.0 Å². The summed E-state index contributed by atoms with van der Waals surface area (Å²) in [6.07, 6.45) is 0. The number of nitrogens with one attached hydrogen (secondary N) is 1. The van der Waals surface area contributed by atoms with Crippen molar-refractivity contribution in [3.63, 3.8) is 0 Å². The van der Waals surface area contributed by atoms with E-state index in [0.717, 1.165) is 22.6 Å². The van der Waals surface area contributed by atoms with Gasteiger partial charge in [-0.15, -0.1) is 24.0 Å². The highest BCUT2D eigenvalue weighted by Crippen LogP contribution is 2.29. The zero-order valence-corrected chi connectivity index (χ0v) is 17.2. The van der Waals surface area contributed by atoms with E-state index < -0.39 is 0 Å². The molecule has 2 aromatic carbocycles. The second-order valence-electron chi connectivity index (χ2n) is 5.20. The molecule has 0 unspecified atom stereocenters. The van der Waals surface area contributed by atoms with E-state index in [0.29, 0.717) is 24.0 Å². The number of hydrogen-bond donors (Lipinski definition) is 2. The van der Waals surface area contributed by atoms with E-state index in [2.05, 4.69) is 10.3 Å². The van der Waals surface area contributed by atoms with E-state index in [-0.39, 0.29) is 24.0 Å². The minimum Gasteiger partial charge on any atom is -0.496 e. The molecule has 3 N–H and O–H groups in total. The van der Waals surface area contributed by atoms with Gasteiger partial charge < -0.3 is 25.3 Å². The number of nitrogens with two attached hydrogens (primary N) is 1. The van der Waals surface area contributed by atoms with Gasteiger partial charge in [0, 0.05) is 11.8 Å². The zero-order valence-electron chi connectivity index (χ0n) is 14.8. The lowest BCUT2D eigenvalue weighted by Crippen LogP contribution is -2.22. The van der Waals surface area contributed by atoms with E-state index in [1.54, 1.807) is 33.5 Å². The maximum atomic E-state index is 5.95. The number of benzene rings is 2. The van der Waals surface area contributed by atoms with Gasteiger partial charge in [0.05, 0.1) is 27.9 Å². The Bertz CT molecular complexity index is 736. The number of aryl methyl sites for hydroxylation is 1. The van der Waals surface area contributed by atoms with Gasteiger partial charge in [-0.3, -0.25) is 0 Å². The Morgan fingerprint density at radius 1 is 0.960 bits per heavy atom. The molecule has 0 amide bonds. The molecule has 7 heteroatoms. The Labute approximate surface area is 165 Å². The fourth-order valence-electron chi connectivity index (χ4n) is 2.32. The molecule has 2 rings (SSSR count). The van der Waals surface area contributed by atoms with Crippen molar-refractivity contribution in [3.8, 4) is 17.2 Å². The quantitative estimate of drug-likeness (QED) is 0.394. The highest BCUT2D eigenvalue weighted by atomic mass is 127. The third kappa shape index (κ3) is 5.70. The van der Waals surface area contributed by atoms with Crippen molar-refractivity contribution in [1.29, 1.82) is 0 Å². The monoisotopic (exact) mass is 457 g/mol. The van der Waals surface area contributed by atoms with Crippen LogP contribution in [0.25, 0.3) is 0 Å². The van der Waals surface area contributed by atoms with E-state index in [1.165, 1.54) is 0 Å². The largest absolute Gasteiger partial charge is 0.496 e. The van der Waals surface area contributed by atoms with Crippen LogP contribution in [-0.4, -0.2) is 27.3 Å². The first kappa shape index (κ1) is 20.9. The van der Waals surface area contributed by atoms with Gasteiger partial charge in [-0.05, 0) is 36.2 Å². The predicted molar refractivity (Wildman–Crippen MR) is 112 cm³/mol. The van der Waals surface area contributed by atoms with Gasteiger partial charge in [0.2, 0.25) is 0 Å². The Hall–Kier alpha value is -2.16. The fourth-order valence-corrected chi connectivity index (χ4v) is 2.32. The lowest BCUT2D eigenvalue weighted by atomic mass is 10.1. The fraction of sp³-hybridized carbons (Fsp3) is 0.278. The molecule has 0 aliphatic heterocycles. The number of ether oxygens (including phenoxy) is 3. The third-order valence-corrected chi connectivity index (χ3v) is 3.55. The first-order chi connectivity index (χ1) is 11.6. The molecule has 0 aliphatic carbocycles. The number of guanidine groups is 1. The standard InChI is InChI=1S/C18H23N3O3.HI/c1-12-9-13(5-7-15(12)22-2)11-20-18(19)21-14-6-8-16(23-3)17(10-14)24-4;/h5-10H,11H2,1-4H3,(H3,19,20,21);1H. The second kappa shape index (κ2) is 9.97. The summed E-state index contributed by atoms with van der Waals surface area (Å²) in [6.45, 7) is 2.48. The number of hydrogen-bond acceptors (Lipinski definition) is 4. The van der Waals surface area contributed by atoms with E-state index >= 15 is 0 Å². The molecule has 0 heterocycles. The Morgan fingerprint density at radius 2 is 1.60 bits per heavy atom. The summed E-state index contributed by atoms with van der Waals surface area (Å²) in [5.74, 6) is 2.48. The van der Waals surface area contributed by atoms with Crippen LogP contribution in [-0.2, 0) is 6.54 Å². The van der Waals surface area contributed by atoms with Crippen LogP contribution in [0.5, 0.6) is 17.2 Å². The molecule has 0 saturated carbocycles. The topological polar surface area (TPSA) is 78.1 Å². The minimum absolute atomic E-state index is 0. The van der Waals surface area contributed by atoms with Crippen molar-refractivity contribution in [1.82, 2.24) is 0 Å². The van der Waals surface area contributed by atoms with E-state index in [4.69, 9.17) is 19.9 Å². The highest BCUT2D eigenvalue weighted by Gasteiger charge is 2.05. The van der Waals surface area contributed by atoms with Gasteiger partial charge in [-0.1, -0.05) is 12.1 Å². The van der Waals surface area contributed by atoms with Gasteiger partial charge in [0.15, 0.2) is 17.5 Å². The molecule has 0 bridgehead atoms. The van der Waals surface area contributed by atoms with Crippen LogP contribution in [0, 0.1) is 6.92 Å². The van der Waals surface area contributed by atoms with E-state index in [1.807, 2.05) is 31.2 Å². The Balaban J connectivity index is 0.00000312. The number of rotatable bonds is 6. The van der Waals surface area contributed by atoms with Crippen LogP contribution in [0.3, 0.4) is 0 Å². The van der Waals surface area contributed by atoms with Crippen LogP contribution in [0.15, 0.2) is 41.4 Å². The second-order valence-corrected chi connectivity index (χ2v) is 5.20. The maximum Gasteiger partial charge on any atom is 0.193 e. The van der Waals surface area contributed by atoms with Gasteiger partial charge >= 0.3 is 0 Å². The molecule has 0 atom stereocenters. The summed E-state index contributed by atoms with van der Waals surface area (Å²) < 4.78 is 15.7. The lowest BCUT2D eigenvalue weighted by Gasteiger charge is -2.11. The smallest absolute Gasteiger partial charge is 0.193 e. The SMILES string of the molecule is COc1ccc(CN=C(N)Nc2ccc(OC)c(OC)c2)cc1C.I. The van der Waals surface area contributed by atoms with Crippen molar-refractivity contribution >= 4 is 35.6 Å². The number of aliphatic imine (C=N–C) groups is 1. The van der Waals surface area contributed by atoms with Crippen LogP contribution < -0.4 is 25.3 Å². The first-order valence-electron chi connectivity index (χ1n) is 7.50. The Morgan fingerprint density at radius 3 is 2.20 bits per heavy atom. The third-order valence-electron chi connectivity index (χ3n) is 3.55. The van der Waals surface area contributed by atoms with Crippen molar-refractivity contribution < 1.29 is 14.2 Å². The predicted octanol–water partition coefficient (Wildman–Crippen LogP) is 3.57. The molecule has 136 valence electrons. The molecule has 0 radical (unpaired) electrons. The average molecular weight is 457 g/mol. The average Bonchev–Trinajstić information content (AvgIpc) is 2.60. The zero-order chi connectivity index (χ0) is 17.5. The van der Waals surface area contributed by atoms with Crippen molar-refractivity contribution in [2.45, 2.75) is 13.5 Å². The summed E-state index contributed by atoms with van der Waals surface area (Å²) in [7, 11) is 4.84. The van der Waals surface area contributed by atoms with Gasteiger partial charge in [0.25, 0.3) is 0 Å². The van der Waals surface area contributed by atoms with E-state index in [9.17, 15) is 0 Å². The number of nitrogens with zero attached hydrogens (tertiary/aromatic N) is 1. The van der Waals surface area contributed by atoms with Crippen LogP contribution in [0.2, 0.25) is 0 Å². The molecule has 6 nitrogen and oxygen atoms in total. The molecular weight excluding hydrogens is 433 g/mol. The summed E-state index contributed by atoms with van der Waals surface area (Å²) in [4.78, 5) is 4.35. The molecule has 2 aromatic rings. The van der Waals surface area contributed by atoms with Crippen LogP contribution in [0.1, 0.15) is 11.1 Å². The lowest BCUT2D eigenvalue weighted by molar-refractivity contribution is 0.355. The number of methoxy groups -OCH3 is 3. The van der Waals surface area contributed by atoms with Gasteiger partial charge in [0.1, 0.15) is 5.75 Å². The molecule has 0 aromatic heterocycles. The number of halogens is 1. The summed E-state index contributed by atoms with van der Waals surface area (Å²) in [6, 6.07) is 11.4. The molecule has 0 spiro atoms.